The summed E-state index contributed by atoms with van der Waals surface area (Å²) in [6.45, 7) is 6.96. The van der Waals surface area contributed by atoms with Gasteiger partial charge in [0.1, 0.15) is 0 Å². The second kappa shape index (κ2) is 5.58. The minimum Gasteiger partial charge on any atom is -0.299 e. The van der Waals surface area contributed by atoms with E-state index >= 15 is 0 Å². The van der Waals surface area contributed by atoms with Crippen LogP contribution < -0.4 is 0 Å². The highest BCUT2D eigenvalue weighted by Crippen LogP contribution is 2.19. The summed E-state index contributed by atoms with van der Waals surface area (Å²) in [4.78, 5) is 16.4. The van der Waals surface area contributed by atoms with E-state index in [-0.39, 0.29) is 23.4 Å². The average molecular weight is 282 g/mol. The number of halogens is 2. The van der Waals surface area contributed by atoms with E-state index in [4.69, 9.17) is 0 Å². The summed E-state index contributed by atoms with van der Waals surface area (Å²) in [5, 5.41) is 0. The number of carbonyl (C=O) groups is 1. The lowest BCUT2D eigenvalue weighted by Gasteiger charge is -2.45. The number of Topliss-reactive ketones (excluding diaryl/α,β-unsaturated/α-hetero) is 1. The molecule has 5 heteroatoms. The molecule has 0 bridgehead atoms. The lowest BCUT2D eigenvalue weighted by Crippen LogP contribution is -2.58. The molecular weight excluding hydrogens is 262 g/mol. The predicted molar refractivity (Wildman–Crippen MR) is 73.8 cm³/mol. The van der Waals surface area contributed by atoms with Gasteiger partial charge in [-0.15, -0.1) is 0 Å². The molecule has 1 saturated heterocycles. The van der Waals surface area contributed by atoms with Crippen molar-refractivity contribution in [3.05, 3.63) is 35.4 Å². The Hall–Kier alpha value is -1.33. The van der Waals surface area contributed by atoms with E-state index in [1.807, 2.05) is 0 Å². The Bertz CT molecular complexity index is 517. The highest BCUT2D eigenvalue weighted by Gasteiger charge is 2.31. The van der Waals surface area contributed by atoms with Crippen molar-refractivity contribution < 1.29 is 13.6 Å². The van der Waals surface area contributed by atoms with E-state index in [0.717, 1.165) is 31.8 Å². The summed E-state index contributed by atoms with van der Waals surface area (Å²) in [6, 6.07) is 3.30. The Morgan fingerprint density at radius 1 is 1.25 bits per heavy atom. The van der Waals surface area contributed by atoms with Gasteiger partial charge in [-0.25, -0.2) is 8.78 Å². The van der Waals surface area contributed by atoms with E-state index in [9.17, 15) is 13.6 Å². The topological polar surface area (TPSA) is 23.6 Å². The Kier molecular flexibility index (Phi) is 4.20. The van der Waals surface area contributed by atoms with Crippen molar-refractivity contribution in [2.45, 2.75) is 19.4 Å². The normalized spacial score (nSPS) is 20.1. The number of rotatable bonds is 3. The van der Waals surface area contributed by atoms with Crippen LogP contribution in [0, 0.1) is 11.6 Å². The van der Waals surface area contributed by atoms with E-state index in [2.05, 4.69) is 30.7 Å². The van der Waals surface area contributed by atoms with Gasteiger partial charge >= 0.3 is 0 Å². The van der Waals surface area contributed by atoms with Gasteiger partial charge in [-0.05, 0) is 39.1 Å². The fourth-order valence-electron chi connectivity index (χ4n) is 2.44. The molecule has 0 aliphatic carbocycles. The SMILES string of the molecule is CN1CCN(CC(=O)c2ccc(F)c(F)c2)CC1(C)C. The lowest BCUT2D eigenvalue weighted by molar-refractivity contribution is 0.0389. The molecule has 0 amide bonds. The van der Waals surface area contributed by atoms with E-state index in [1.54, 1.807) is 0 Å². The number of likely N-dealkylation sites (N-methyl/N-ethyl adjacent to an activating group) is 1. The van der Waals surface area contributed by atoms with Gasteiger partial charge in [0.2, 0.25) is 0 Å². The summed E-state index contributed by atoms with van der Waals surface area (Å²) < 4.78 is 26.0. The predicted octanol–water partition coefficient (Wildman–Crippen LogP) is 2.17. The number of nitrogens with zero attached hydrogens (tertiary/aromatic N) is 2. The maximum Gasteiger partial charge on any atom is 0.176 e. The zero-order valence-electron chi connectivity index (χ0n) is 12.1. The van der Waals surface area contributed by atoms with Crippen LogP contribution in [-0.4, -0.2) is 54.3 Å². The first-order chi connectivity index (χ1) is 9.29. The molecule has 0 saturated carbocycles. The second-order valence-electron chi connectivity index (χ2n) is 6.00. The molecule has 3 nitrogen and oxygen atoms in total. The molecule has 110 valence electrons. The number of carbonyl (C=O) groups excluding carboxylic acids is 1. The molecule has 1 heterocycles. The summed E-state index contributed by atoms with van der Waals surface area (Å²) in [5.74, 6) is -2.08. The van der Waals surface area contributed by atoms with Crippen molar-refractivity contribution in [2.24, 2.45) is 0 Å². The van der Waals surface area contributed by atoms with Crippen molar-refractivity contribution in [3.8, 4) is 0 Å². The van der Waals surface area contributed by atoms with Crippen LogP contribution in [0.5, 0.6) is 0 Å². The van der Waals surface area contributed by atoms with Crippen LogP contribution in [0.2, 0.25) is 0 Å². The van der Waals surface area contributed by atoms with Gasteiger partial charge in [-0.1, -0.05) is 0 Å². The molecule has 1 aromatic rings. The van der Waals surface area contributed by atoms with Gasteiger partial charge in [-0.2, -0.15) is 0 Å². The maximum atomic E-state index is 13.1. The summed E-state index contributed by atoms with van der Waals surface area (Å²) in [6.07, 6.45) is 0. The molecular formula is C15H20F2N2O. The quantitative estimate of drug-likeness (QED) is 0.794. The number of benzene rings is 1. The van der Waals surface area contributed by atoms with Gasteiger partial charge < -0.3 is 0 Å². The highest BCUT2D eigenvalue weighted by molar-refractivity contribution is 5.97. The zero-order valence-corrected chi connectivity index (χ0v) is 12.1. The third kappa shape index (κ3) is 3.22. The van der Waals surface area contributed by atoms with Crippen molar-refractivity contribution in [2.75, 3.05) is 33.2 Å². The van der Waals surface area contributed by atoms with Gasteiger partial charge in [0.25, 0.3) is 0 Å². The Morgan fingerprint density at radius 2 is 1.95 bits per heavy atom. The first-order valence-electron chi connectivity index (χ1n) is 6.71. The fourth-order valence-corrected chi connectivity index (χ4v) is 2.44. The van der Waals surface area contributed by atoms with Crippen molar-refractivity contribution in [1.29, 1.82) is 0 Å². The number of hydrogen-bond donors (Lipinski definition) is 0. The van der Waals surface area contributed by atoms with Gasteiger partial charge in [0.15, 0.2) is 17.4 Å². The number of ketones is 1. The second-order valence-corrected chi connectivity index (χ2v) is 6.00. The molecule has 0 radical (unpaired) electrons. The van der Waals surface area contributed by atoms with Gasteiger partial charge in [-0.3, -0.25) is 14.6 Å². The van der Waals surface area contributed by atoms with Crippen LogP contribution in [0.1, 0.15) is 24.2 Å². The standard InChI is InChI=1S/C15H20F2N2O/c1-15(2)10-19(7-6-18(15)3)9-14(20)11-4-5-12(16)13(17)8-11/h4-5,8H,6-7,9-10H2,1-3H3. The van der Waals surface area contributed by atoms with Crippen LogP contribution in [0.25, 0.3) is 0 Å². The molecule has 1 aliphatic heterocycles. The summed E-state index contributed by atoms with van der Waals surface area (Å²) in [5.41, 5.74) is 0.229. The monoisotopic (exact) mass is 282 g/mol. The van der Waals surface area contributed by atoms with Gasteiger partial charge in [0.05, 0.1) is 6.54 Å². The molecule has 1 aliphatic rings. The third-order valence-electron chi connectivity index (χ3n) is 4.00. The average Bonchev–Trinajstić information content (AvgIpc) is 2.36. The largest absolute Gasteiger partial charge is 0.299 e. The van der Waals surface area contributed by atoms with Crippen LogP contribution in [0.4, 0.5) is 8.78 Å². The van der Waals surface area contributed by atoms with Crippen molar-refractivity contribution in [1.82, 2.24) is 9.80 Å². The maximum absolute atomic E-state index is 13.1. The summed E-state index contributed by atoms with van der Waals surface area (Å²) in [7, 11) is 2.06. The first kappa shape index (κ1) is 15.1. The summed E-state index contributed by atoms with van der Waals surface area (Å²) >= 11 is 0. The molecule has 2 rings (SSSR count). The molecule has 20 heavy (non-hydrogen) atoms. The van der Waals surface area contributed by atoms with Crippen LogP contribution >= 0.6 is 0 Å². The Morgan fingerprint density at radius 3 is 2.55 bits per heavy atom. The molecule has 0 N–H and O–H groups in total. The lowest BCUT2D eigenvalue weighted by atomic mass is 9.99. The van der Waals surface area contributed by atoms with E-state index < -0.39 is 11.6 Å². The van der Waals surface area contributed by atoms with Crippen molar-refractivity contribution in [3.63, 3.8) is 0 Å². The molecule has 1 fully saturated rings. The highest BCUT2D eigenvalue weighted by atomic mass is 19.2. The minimum atomic E-state index is -0.977. The third-order valence-corrected chi connectivity index (χ3v) is 4.00. The zero-order chi connectivity index (χ0) is 14.9. The van der Waals surface area contributed by atoms with Gasteiger partial charge in [0, 0.05) is 30.7 Å². The first-order valence-corrected chi connectivity index (χ1v) is 6.71. The fraction of sp³-hybridized carbons (Fsp3) is 0.533. The van der Waals surface area contributed by atoms with Crippen molar-refractivity contribution >= 4 is 5.78 Å². The van der Waals surface area contributed by atoms with E-state index in [0.29, 0.717) is 0 Å². The molecule has 0 unspecified atom stereocenters. The number of hydrogen-bond acceptors (Lipinski definition) is 3. The van der Waals surface area contributed by atoms with Crippen LogP contribution in [0.3, 0.4) is 0 Å². The van der Waals surface area contributed by atoms with Crippen LogP contribution in [-0.2, 0) is 0 Å². The molecule has 0 atom stereocenters. The smallest absolute Gasteiger partial charge is 0.176 e. The molecule has 1 aromatic carbocycles. The minimum absolute atomic E-state index is 0.00652. The Labute approximate surface area is 118 Å². The van der Waals surface area contributed by atoms with Crippen LogP contribution in [0.15, 0.2) is 18.2 Å². The van der Waals surface area contributed by atoms with E-state index in [1.165, 1.54) is 6.07 Å². The Balaban J connectivity index is 2.03. The molecule has 0 spiro atoms. The number of piperazine rings is 1. The molecule has 0 aromatic heterocycles.